The van der Waals surface area contributed by atoms with Gasteiger partial charge in [-0.15, -0.1) is 0 Å². The quantitative estimate of drug-likeness (QED) is 0.778. The summed E-state index contributed by atoms with van der Waals surface area (Å²) in [6, 6.07) is 15.5. The molecule has 24 heavy (non-hydrogen) atoms. The van der Waals surface area contributed by atoms with Crippen LogP contribution >= 0.6 is 0 Å². The van der Waals surface area contributed by atoms with Crippen LogP contribution in [0.3, 0.4) is 0 Å². The lowest BCUT2D eigenvalue weighted by Gasteiger charge is -2.23. The van der Waals surface area contributed by atoms with Crippen LogP contribution in [0.15, 0.2) is 48.5 Å². The maximum Gasteiger partial charge on any atom is 0.263 e. The normalized spacial score (nSPS) is 11.7. The molecule has 1 atom stereocenters. The lowest BCUT2D eigenvalue weighted by atomic mass is 10.1. The molecule has 0 aliphatic carbocycles. The topological polar surface area (TPSA) is 38.8 Å². The van der Waals surface area contributed by atoms with E-state index in [9.17, 15) is 4.79 Å². The number of benzene rings is 2. The first-order valence-electron chi connectivity index (χ1n) is 8.17. The molecular formula is C20H25NO3. The highest BCUT2D eigenvalue weighted by Gasteiger charge is 2.20. The largest absolute Gasteiger partial charge is 0.497 e. The van der Waals surface area contributed by atoms with Gasteiger partial charge in [0.15, 0.2) is 6.10 Å². The highest BCUT2D eigenvalue weighted by molar-refractivity contribution is 5.80. The molecule has 0 aromatic heterocycles. The average molecular weight is 327 g/mol. The second-order valence-corrected chi connectivity index (χ2v) is 5.76. The summed E-state index contributed by atoms with van der Waals surface area (Å²) in [7, 11) is 3.43. The highest BCUT2D eigenvalue weighted by atomic mass is 16.5. The Kier molecular flexibility index (Phi) is 6.24. The maximum absolute atomic E-state index is 12.6. The summed E-state index contributed by atoms with van der Waals surface area (Å²) in [5.41, 5.74) is 2.16. The third-order valence-corrected chi connectivity index (χ3v) is 3.96. The van der Waals surface area contributed by atoms with Gasteiger partial charge in [-0.25, -0.2) is 0 Å². The zero-order valence-corrected chi connectivity index (χ0v) is 14.8. The fourth-order valence-corrected chi connectivity index (χ4v) is 2.54. The molecule has 1 amide bonds. The molecule has 0 heterocycles. The number of nitrogens with zero attached hydrogens (tertiary/aromatic N) is 1. The molecule has 0 aliphatic heterocycles. The average Bonchev–Trinajstić information content (AvgIpc) is 2.62. The molecule has 0 bridgehead atoms. The third-order valence-electron chi connectivity index (χ3n) is 3.96. The molecule has 0 aliphatic rings. The molecule has 0 N–H and O–H groups in total. The van der Waals surface area contributed by atoms with Crippen LogP contribution in [-0.2, 0) is 17.8 Å². The Labute approximate surface area is 144 Å². The maximum atomic E-state index is 12.6. The summed E-state index contributed by atoms with van der Waals surface area (Å²) in [6.45, 7) is 4.40. The third kappa shape index (κ3) is 4.51. The Morgan fingerprint density at radius 1 is 1.12 bits per heavy atom. The van der Waals surface area contributed by atoms with Crippen molar-refractivity contribution in [2.24, 2.45) is 0 Å². The van der Waals surface area contributed by atoms with Crippen molar-refractivity contribution in [1.82, 2.24) is 4.90 Å². The van der Waals surface area contributed by atoms with Gasteiger partial charge in [0.25, 0.3) is 5.91 Å². The Morgan fingerprint density at radius 2 is 1.79 bits per heavy atom. The van der Waals surface area contributed by atoms with Gasteiger partial charge in [-0.05, 0) is 42.7 Å². The summed E-state index contributed by atoms with van der Waals surface area (Å²) in [6.07, 6.45) is 0.347. The molecule has 0 fully saturated rings. The number of rotatable bonds is 7. The molecule has 2 rings (SSSR count). The first-order valence-corrected chi connectivity index (χ1v) is 8.17. The van der Waals surface area contributed by atoms with Crippen LogP contribution in [0.5, 0.6) is 11.5 Å². The van der Waals surface area contributed by atoms with Crippen molar-refractivity contribution in [3.8, 4) is 11.5 Å². The Hall–Kier alpha value is -2.49. The molecule has 4 heteroatoms. The van der Waals surface area contributed by atoms with E-state index in [1.165, 1.54) is 0 Å². The molecule has 0 radical (unpaired) electrons. The van der Waals surface area contributed by atoms with Gasteiger partial charge in [-0.1, -0.05) is 37.3 Å². The number of hydrogen-bond donors (Lipinski definition) is 0. The number of para-hydroxylation sites is 1. The second-order valence-electron chi connectivity index (χ2n) is 5.76. The van der Waals surface area contributed by atoms with Crippen molar-refractivity contribution in [2.75, 3.05) is 14.2 Å². The van der Waals surface area contributed by atoms with Crippen LogP contribution in [0.4, 0.5) is 0 Å². The monoisotopic (exact) mass is 327 g/mol. The van der Waals surface area contributed by atoms with E-state index in [0.717, 1.165) is 29.0 Å². The number of carbonyl (C=O) groups is 1. The molecule has 4 nitrogen and oxygen atoms in total. The predicted molar refractivity (Wildman–Crippen MR) is 95.4 cm³/mol. The fourth-order valence-electron chi connectivity index (χ4n) is 2.54. The number of aryl methyl sites for hydroxylation is 1. The lowest BCUT2D eigenvalue weighted by Crippen LogP contribution is -2.37. The van der Waals surface area contributed by atoms with Gasteiger partial charge < -0.3 is 14.4 Å². The molecule has 2 aromatic carbocycles. The minimum Gasteiger partial charge on any atom is -0.497 e. The number of likely N-dealkylation sites (N-methyl/N-ethyl adjacent to an activating group) is 1. The molecule has 0 unspecified atom stereocenters. The van der Waals surface area contributed by atoms with E-state index in [1.54, 1.807) is 26.0 Å². The first kappa shape index (κ1) is 17.9. The summed E-state index contributed by atoms with van der Waals surface area (Å²) >= 11 is 0. The van der Waals surface area contributed by atoms with Gasteiger partial charge in [0.2, 0.25) is 0 Å². The van der Waals surface area contributed by atoms with Crippen molar-refractivity contribution < 1.29 is 14.3 Å². The van der Waals surface area contributed by atoms with Crippen molar-refractivity contribution in [3.63, 3.8) is 0 Å². The smallest absolute Gasteiger partial charge is 0.263 e. The van der Waals surface area contributed by atoms with E-state index in [1.807, 2.05) is 48.5 Å². The fraction of sp³-hybridized carbons (Fsp3) is 0.350. The Bertz CT molecular complexity index is 667. The van der Waals surface area contributed by atoms with Crippen molar-refractivity contribution >= 4 is 5.91 Å². The summed E-state index contributed by atoms with van der Waals surface area (Å²) in [5, 5.41) is 0. The zero-order chi connectivity index (χ0) is 17.5. The standard InChI is InChI=1S/C20H25NO3/c1-5-17-8-6-7-9-19(17)24-15(2)20(22)21(3)14-16-10-12-18(23-4)13-11-16/h6-13,15H,5,14H2,1-4H3/t15-/m0/s1. The van der Waals surface area contributed by atoms with E-state index < -0.39 is 6.10 Å². The van der Waals surface area contributed by atoms with E-state index in [0.29, 0.717) is 6.54 Å². The van der Waals surface area contributed by atoms with Crippen LogP contribution in [-0.4, -0.2) is 31.1 Å². The number of carbonyl (C=O) groups excluding carboxylic acids is 1. The number of methoxy groups -OCH3 is 1. The van der Waals surface area contributed by atoms with Crippen LogP contribution in [0.2, 0.25) is 0 Å². The van der Waals surface area contributed by atoms with Crippen molar-refractivity contribution in [1.29, 1.82) is 0 Å². The van der Waals surface area contributed by atoms with Crippen molar-refractivity contribution in [3.05, 3.63) is 59.7 Å². The molecule has 0 saturated heterocycles. The second kappa shape index (κ2) is 8.39. The zero-order valence-electron chi connectivity index (χ0n) is 14.8. The van der Waals surface area contributed by atoms with Gasteiger partial charge in [0.05, 0.1) is 7.11 Å². The van der Waals surface area contributed by atoms with Gasteiger partial charge >= 0.3 is 0 Å². The Morgan fingerprint density at radius 3 is 2.42 bits per heavy atom. The van der Waals surface area contributed by atoms with E-state index in [4.69, 9.17) is 9.47 Å². The minimum atomic E-state index is -0.527. The van der Waals surface area contributed by atoms with Gasteiger partial charge in [0, 0.05) is 13.6 Å². The SMILES string of the molecule is CCc1ccccc1O[C@@H](C)C(=O)N(C)Cc1ccc(OC)cc1. The van der Waals surface area contributed by atoms with Crippen LogP contribution in [0.25, 0.3) is 0 Å². The number of amides is 1. The van der Waals surface area contributed by atoms with Crippen LogP contribution in [0.1, 0.15) is 25.0 Å². The van der Waals surface area contributed by atoms with Crippen molar-refractivity contribution in [2.45, 2.75) is 32.9 Å². The molecule has 0 saturated carbocycles. The molecule has 2 aromatic rings. The van der Waals surface area contributed by atoms with E-state index in [-0.39, 0.29) is 5.91 Å². The van der Waals surface area contributed by atoms with Gasteiger partial charge in [-0.2, -0.15) is 0 Å². The van der Waals surface area contributed by atoms with E-state index in [2.05, 4.69) is 6.92 Å². The minimum absolute atomic E-state index is 0.0447. The van der Waals surface area contributed by atoms with Gasteiger partial charge in [0.1, 0.15) is 11.5 Å². The predicted octanol–water partition coefficient (Wildman–Crippen LogP) is 3.68. The number of ether oxygens (including phenoxy) is 2. The lowest BCUT2D eigenvalue weighted by molar-refractivity contribution is -0.137. The molecule has 128 valence electrons. The van der Waals surface area contributed by atoms with E-state index >= 15 is 0 Å². The summed E-state index contributed by atoms with van der Waals surface area (Å²) < 4.78 is 11.0. The van der Waals surface area contributed by atoms with Crippen LogP contribution < -0.4 is 9.47 Å². The molecule has 0 spiro atoms. The van der Waals surface area contributed by atoms with Gasteiger partial charge in [-0.3, -0.25) is 4.79 Å². The molecular weight excluding hydrogens is 302 g/mol. The number of hydrogen-bond acceptors (Lipinski definition) is 3. The van der Waals surface area contributed by atoms with Crippen LogP contribution in [0, 0.1) is 0 Å². The Balaban J connectivity index is 1.98. The first-order chi connectivity index (χ1) is 11.5. The highest BCUT2D eigenvalue weighted by Crippen LogP contribution is 2.20. The summed E-state index contributed by atoms with van der Waals surface area (Å²) in [5.74, 6) is 1.54. The summed E-state index contributed by atoms with van der Waals surface area (Å²) in [4.78, 5) is 14.2.